The Morgan fingerprint density at radius 1 is 1.36 bits per heavy atom. The molecule has 0 unspecified atom stereocenters. The van der Waals surface area contributed by atoms with Crippen molar-refractivity contribution in [3.05, 3.63) is 23.8 Å². The number of unbranched alkanes of at least 4 members (excludes halogenated alkanes) is 1. The highest BCUT2D eigenvalue weighted by molar-refractivity contribution is 5.79. The van der Waals surface area contributed by atoms with Crippen LogP contribution in [0.4, 0.5) is 0 Å². The van der Waals surface area contributed by atoms with Crippen molar-refractivity contribution < 1.29 is 9.90 Å². The van der Waals surface area contributed by atoms with Crippen LogP contribution < -0.4 is 0 Å². The van der Waals surface area contributed by atoms with Crippen molar-refractivity contribution in [2.75, 3.05) is 0 Å². The number of allylic oxidation sites excluding steroid dienone is 3. The van der Waals surface area contributed by atoms with Crippen LogP contribution in [0.5, 0.6) is 0 Å². The van der Waals surface area contributed by atoms with Gasteiger partial charge in [-0.25, -0.2) is 4.79 Å². The molecule has 0 aliphatic heterocycles. The second kappa shape index (κ2) is 5.71. The summed E-state index contributed by atoms with van der Waals surface area (Å²) in [5.41, 5.74) is 1.27. The van der Waals surface area contributed by atoms with Crippen LogP contribution in [0.2, 0.25) is 0 Å². The summed E-state index contributed by atoms with van der Waals surface area (Å²) >= 11 is 0. The van der Waals surface area contributed by atoms with E-state index in [2.05, 4.69) is 6.08 Å². The Kier molecular flexibility index (Phi) is 5.17. The van der Waals surface area contributed by atoms with Gasteiger partial charge in [-0.2, -0.15) is 0 Å². The maximum absolute atomic E-state index is 9.99. The average Bonchev–Trinajstić information content (AvgIpc) is 1.85. The third-order valence-corrected chi connectivity index (χ3v) is 1.15. The van der Waals surface area contributed by atoms with E-state index in [0.717, 1.165) is 12.8 Å². The molecule has 2 nitrogen and oxygen atoms in total. The highest BCUT2D eigenvalue weighted by Crippen LogP contribution is 1.97. The van der Waals surface area contributed by atoms with Crippen LogP contribution >= 0.6 is 0 Å². The second-order valence-corrected chi connectivity index (χ2v) is 2.60. The molecule has 0 saturated carbocycles. The SMILES string of the molecule is CC(C)=CCC/C=C/C(=O)O. The second-order valence-electron chi connectivity index (χ2n) is 2.60. The number of rotatable bonds is 4. The lowest BCUT2D eigenvalue weighted by molar-refractivity contribution is -0.131. The molecule has 0 spiro atoms. The van der Waals surface area contributed by atoms with Gasteiger partial charge in [0.25, 0.3) is 0 Å². The number of aliphatic carboxylic acids is 1. The normalized spacial score (nSPS) is 10.0. The number of carboxylic acid groups (broad SMARTS) is 1. The summed E-state index contributed by atoms with van der Waals surface area (Å²) in [4.78, 5) is 9.99. The first kappa shape index (κ1) is 9.95. The molecule has 0 heterocycles. The van der Waals surface area contributed by atoms with E-state index in [-0.39, 0.29) is 0 Å². The van der Waals surface area contributed by atoms with Gasteiger partial charge in [-0.15, -0.1) is 0 Å². The first-order valence-electron chi connectivity index (χ1n) is 3.65. The van der Waals surface area contributed by atoms with Gasteiger partial charge in [-0.05, 0) is 26.7 Å². The fourth-order valence-electron chi connectivity index (χ4n) is 0.652. The molecule has 0 aromatic rings. The zero-order valence-corrected chi connectivity index (χ0v) is 7.00. The zero-order valence-electron chi connectivity index (χ0n) is 7.00. The molecular weight excluding hydrogens is 140 g/mol. The molecule has 0 fully saturated rings. The summed E-state index contributed by atoms with van der Waals surface area (Å²) in [7, 11) is 0. The Morgan fingerprint density at radius 2 is 2.00 bits per heavy atom. The third-order valence-electron chi connectivity index (χ3n) is 1.15. The number of carboxylic acids is 1. The van der Waals surface area contributed by atoms with Gasteiger partial charge in [0.15, 0.2) is 0 Å². The summed E-state index contributed by atoms with van der Waals surface area (Å²) in [5.74, 6) is -0.873. The van der Waals surface area contributed by atoms with Gasteiger partial charge in [0, 0.05) is 6.08 Å². The lowest BCUT2D eigenvalue weighted by Crippen LogP contribution is -1.85. The zero-order chi connectivity index (χ0) is 8.69. The minimum absolute atomic E-state index is 0.803. The average molecular weight is 154 g/mol. The molecule has 0 saturated heterocycles. The fourth-order valence-corrected chi connectivity index (χ4v) is 0.652. The minimum Gasteiger partial charge on any atom is -0.478 e. The van der Waals surface area contributed by atoms with Crippen LogP contribution in [0.25, 0.3) is 0 Å². The highest BCUT2D eigenvalue weighted by atomic mass is 16.4. The summed E-state index contributed by atoms with van der Waals surface area (Å²) < 4.78 is 0. The van der Waals surface area contributed by atoms with Crippen molar-refractivity contribution in [1.82, 2.24) is 0 Å². The molecule has 0 aliphatic carbocycles. The van der Waals surface area contributed by atoms with Gasteiger partial charge in [0.2, 0.25) is 0 Å². The van der Waals surface area contributed by atoms with Crippen molar-refractivity contribution in [2.45, 2.75) is 26.7 Å². The van der Waals surface area contributed by atoms with E-state index >= 15 is 0 Å². The molecule has 0 radical (unpaired) electrons. The smallest absolute Gasteiger partial charge is 0.327 e. The standard InChI is InChI=1S/C9H14O2/c1-8(2)6-4-3-5-7-9(10)11/h5-7H,3-4H2,1-2H3,(H,10,11)/b7-5+. The van der Waals surface area contributed by atoms with E-state index in [1.807, 2.05) is 13.8 Å². The van der Waals surface area contributed by atoms with Crippen LogP contribution in [0.3, 0.4) is 0 Å². The molecule has 0 amide bonds. The van der Waals surface area contributed by atoms with Crippen LogP contribution in [-0.2, 0) is 4.79 Å². The molecule has 0 aliphatic rings. The van der Waals surface area contributed by atoms with Gasteiger partial charge in [-0.1, -0.05) is 17.7 Å². The Hall–Kier alpha value is -1.05. The molecule has 0 rings (SSSR count). The van der Waals surface area contributed by atoms with Gasteiger partial charge in [0.05, 0.1) is 0 Å². The number of hydrogen-bond acceptors (Lipinski definition) is 1. The molecule has 2 heteroatoms. The molecule has 0 aromatic heterocycles. The molecule has 0 bridgehead atoms. The van der Waals surface area contributed by atoms with Gasteiger partial charge < -0.3 is 5.11 Å². The first-order chi connectivity index (χ1) is 5.13. The van der Waals surface area contributed by atoms with E-state index < -0.39 is 5.97 Å². The minimum atomic E-state index is -0.873. The molecule has 11 heavy (non-hydrogen) atoms. The summed E-state index contributed by atoms with van der Waals surface area (Å²) in [5, 5.41) is 8.22. The van der Waals surface area contributed by atoms with Crippen molar-refractivity contribution in [2.24, 2.45) is 0 Å². The Labute approximate surface area is 67.2 Å². The van der Waals surface area contributed by atoms with Crippen molar-refractivity contribution >= 4 is 5.97 Å². The van der Waals surface area contributed by atoms with Crippen LogP contribution in [0.15, 0.2) is 23.8 Å². The lowest BCUT2D eigenvalue weighted by atomic mass is 10.2. The maximum atomic E-state index is 9.99. The highest BCUT2D eigenvalue weighted by Gasteiger charge is 1.83. The van der Waals surface area contributed by atoms with Crippen LogP contribution in [-0.4, -0.2) is 11.1 Å². The molecule has 62 valence electrons. The van der Waals surface area contributed by atoms with Crippen LogP contribution in [0.1, 0.15) is 26.7 Å². The van der Waals surface area contributed by atoms with E-state index in [4.69, 9.17) is 5.11 Å². The van der Waals surface area contributed by atoms with Crippen molar-refractivity contribution in [1.29, 1.82) is 0 Å². The third kappa shape index (κ3) is 8.95. The first-order valence-corrected chi connectivity index (χ1v) is 3.65. The summed E-state index contributed by atoms with van der Waals surface area (Å²) in [6, 6.07) is 0. The topological polar surface area (TPSA) is 37.3 Å². The molecular formula is C9H14O2. The predicted octanol–water partition coefficient (Wildman–Crippen LogP) is 2.37. The number of hydrogen-bond donors (Lipinski definition) is 1. The largest absolute Gasteiger partial charge is 0.478 e. The van der Waals surface area contributed by atoms with Gasteiger partial charge in [-0.3, -0.25) is 0 Å². The van der Waals surface area contributed by atoms with E-state index in [1.165, 1.54) is 11.6 Å². The summed E-state index contributed by atoms with van der Waals surface area (Å²) in [6.07, 6.45) is 6.66. The van der Waals surface area contributed by atoms with E-state index in [1.54, 1.807) is 6.08 Å². The monoisotopic (exact) mass is 154 g/mol. The summed E-state index contributed by atoms with van der Waals surface area (Å²) in [6.45, 7) is 4.06. The van der Waals surface area contributed by atoms with Crippen LogP contribution in [0, 0.1) is 0 Å². The maximum Gasteiger partial charge on any atom is 0.327 e. The van der Waals surface area contributed by atoms with Gasteiger partial charge >= 0.3 is 5.97 Å². The van der Waals surface area contributed by atoms with E-state index in [0.29, 0.717) is 0 Å². The molecule has 0 atom stereocenters. The predicted molar refractivity (Wildman–Crippen MR) is 45.4 cm³/mol. The van der Waals surface area contributed by atoms with E-state index in [9.17, 15) is 4.79 Å². The fraction of sp³-hybridized carbons (Fsp3) is 0.444. The quantitative estimate of drug-likeness (QED) is 0.383. The number of carbonyl (C=O) groups is 1. The van der Waals surface area contributed by atoms with Crippen molar-refractivity contribution in [3.63, 3.8) is 0 Å². The molecule has 1 N–H and O–H groups in total. The van der Waals surface area contributed by atoms with Crippen molar-refractivity contribution in [3.8, 4) is 0 Å². The Bertz CT molecular complexity index is 174. The Morgan fingerprint density at radius 3 is 2.45 bits per heavy atom. The molecule has 0 aromatic carbocycles. The Balaban J connectivity index is 3.42. The van der Waals surface area contributed by atoms with Gasteiger partial charge in [0.1, 0.15) is 0 Å². The lowest BCUT2D eigenvalue weighted by Gasteiger charge is -1.87.